The molecule has 5 aromatic carbocycles. The number of rotatable bonds is 7. The monoisotopic (exact) mass is 698 g/mol. The van der Waals surface area contributed by atoms with Gasteiger partial charge >= 0.3 is 6.09 Å². The van der Waals surface area contributed by atoms with E-state index in [1.165, 1.54) is 0 Å². The van der Waals surface area contributed by atoms with E-state index in [2.05, 4.69) is 41.7 Å². The van der Waals surface area contributed by atoms with E-state index in [-0.39, 0.29) is 23.8 Å². The summed E-state index contributed by atoms with van der Waals surface area (Å²) in [6.45, 7) is 6.12. The summed E-state index contributed by atoms with van der Waals surface area (Å²) in [5.41, 5.74) is 2.27. The van der Waals surface area contributed by atoms with Crippen LogP contribution in [0.15, 0.2) is 127 Å². The van der Waals surface area contributed by atoms with Crippen LogP contribution in [0.4, 0.5) is 19.4 Å². The van der Waals surface area contributed by atoms with E-state index in [4.69, 9.17) is 9.84 Å². The number of hydrogen-bond acceptors (Lipinski definition) is 4. The lowest BCUT2D eigenvalue weighted by Crippen LogP contribution is -2.45. The lowest BCUT2D eigenvalue weighted by molar-refractivity contribution is -0.121. The SMILES string of the molecule is CC(C)(C)OC(=O)N1CCC[C@@H](C(=O)Nc2nn(C(c3ccccc3)(c3ccccc3)c3ccccc3)c3ccc(-c4cc(F)ccc4F)cc23)C1. The van der Waals surface area contributed by atoms with Crippen LogP contribution in [0.1, 0.15) is 50.3 Å². The van der Waals surface area contributed by atoms with Gasteiger partial charge in [0.05, 0.1) is 11.4 Å². The van der Waals surface area contributed by atoms with E-state index >= 15 is 4.39 Å². The minimum absolute atomic E-state index is 0.0904. The summed E-state index contributed by atoms with van der Waals surface area (Å²) in [7, 11) is 0. The average Bonchev–Trinajstić information content (AvgIpc) is 3.51. The largest absolute Gasteiger partial charge is 0.444 e. The molecule has 0 aliphatic carbocycles. The quantitative estimate of drug-likeness (QED) is 0.169. The summed E-state index contributed by atoms with van der Waals surface area (Å²) in [6.07, 6.45) is 0.750. The van der Waals surface area contributed by atoms with Crippen LogP contribution in [-0.4, -0.2) is 45.4 Å². The molecule has 1 aliphatic rings. The highest BCUT2D eigenvalue weighted by molar-refractivity contribution is 6.02. The predicted octanol–water partition coefficient (Wildman–Crippen LogP) is 9.41. The average molecular weight is 699 g/mol. The Morgan fingerprint density at radius 3 is 1.96 bits per heavy atom. The van der Waals surface area contributed by atoms with Crippen molar-refractivity contribution in [2.75, 3.05) is 18.4 Å². The van der Waals surface area contributed by atoms with Gasteiger partial charge in [0.15, 0.2) is 5.82 Å². The number of nitrogens with zero attached hydrogens (tertiary/aromatic N) is 3. The standard InChI is InChI=1S/C43H40F2N4O3/c1-42(2,3)52-41(51)48-25-13-14-30(28-48)40(50)46-39-36-26-29(35-27-34(44)22-23-37(35)45)21-24-38(36)49(47-39)43(31-15-7-4-8-16-31,32-17-9-5-10-18-32)33-19-11-6-12-20-33/h4-12,15-24,26-27,30H,13-14,25,28H2,1-3H3,(H,46,47,50)/t30-/m1/s1. The second-order valence-corrected chi connectivity index (χ2v) is 14.2. The van der Waals surface area contributed by atoms with Crippen LogP contribution in [0, 0.1) is 17.6 Å². The number of carbonyl (C=O) groups excluding carboxylic acids is 2. The maximum absolute atomic E-state index is 15.2. The van der Waals surface area contributed by atoms with Gasteiger partial charge in [-0.15, -0.1) is 0 Å². The van der Waals surface area contributed by atoms with Gasteiger partial charge in [-0.3, -0.25) is 4.79 Å². The molecule has 7 rings (SSSR count). The molecule has 1 saturated heterocycles. The Morgan fingerprint density at radius 2 is 1.38 bits per heavy atom. The molecule has 0 unspecified atom stereocenters. The number of likely N-dealkylation sites (tertiary alicyclic amines) is 1. The van der Waals surface area contributed by atoms with E-state index in [0.717, 1.165) is 34.9 Å². The first-order valence-corrected chi connectivity index (χ1v) is 17.5. The highest BCUT2D eigenvalue weighted by Crippen LogP contribution is 2.44. The molecular formula is C43H40F2N4O3. The maximum Gasteiger partial charge on any atom is 0.410 e. The van der Waals surface area contributed by atoms with Crippen molar-refractivity contribution < 1.29 is 23.1 Å². The van der Waals surface area contributed by atoms with Crippen molar-refractivity contribution in [1.29, 1.82) is 0 Å². The molecule has 2 amide bonds. The van der Waals surface area contributed by atoms with E-state index in [9.17, 15) is 14.0 Å². The highest BCUT2D eigenvalue weighted by Gasteiger charge is 2.41. The first kappa shape index (κ1) is 34.6. The molecule has 1 aromatic heterocycles. The summed E-state index contributed by atoms with van der Waals surface area (Å²) < 4.78 is 37.1. The molecule has 0 bridgehead atoms. The number of benzene rings is 5. The van der Waals surface area contributed by atoms with Crippen molar-refractivity contribution >= 4 is 28.7 Å². The van der Waals surface area contributed by atoms with Crippen LogP contribution >= 0.6 is 0 Å². The van der Waals surface area contributed by atoms with Gasteiger partial charge in [0.25, 0.3) is 0 Å². The third-order valence-electron chi connectivity index (χ3n) is 9.50. The number of nitrogens with one attached hydrogen (secondary N) is 1. The number of halogens is 2. The summed E-state index contributed by atoms with van der Waals surface area (Å²) in [5.74, 6) is -1.70. The van der Waals surface area contributed by atoms with Crippen molar-refractivity contribution in [2.45, 2.75) is 44.8 Å². The zero-order valence-electron chi connectivity index (χ0n) is 29.4. The molecule has 52 heavy (non-hydrogen) atoms. The number of fused-ring (bicyclic) bond motifs is 1. The Hall–Kier alpha value is -5.83. The van der Waals surface area contributed by atoms with Gasteiger partial charge in [-0.2, -0.15) is 5.10 Å². The molecule has 0 saturated carbocycles. The molecule has 1 N–H and O–H groups in total. The van der Waals surface area contributed by atoms with Crippen molar-refractivity contribution in [3.8, 4) is 11.1 Å². The minimum atomic E-state index is -1.02. The van der Waals surface area contributed by atoms with Crippen molar-refractivity contribution in [2.24, 2.45) is 5.92 Å². The first-order valence-electron chi connectivity index (χ1n) is 17.5. The molecule has 0 radical (unpaired) electrons. The Balaban J connectivity index is 1.42. The third kappa shape index (κ3) is 6.66. The Kier molecular flexibility index (Phi) is 9.36. The van der Waals surface area contributed by atoms with E-state index in [1.807, 2.05) is 86.1 Å². The van der Waals surface area contributed by atoms with Gasteiger partial charge in [0.1, 0.15) is 22.8 Å². The molecule has 1 atom stereocenters. The Morgan fingerprint density at radius 1 is 0.788 bits per heavy atom. The van der Waals surface area contributed by atoms with Crippen LogP contribution in [0.25, 0.3) is 22.0 Å². The normalized spacial score (nSPS) is 15.0. The fourth-order valence-corrected chi connectivity index (χ4v) is 7.16. The molecule has 0 spiro atoms. The summed E-state index contributed by atoms with van der Waals surface area (Å²) in [6, 6.07) is 38.7. The van der Waals surface area contributed by atoms with E-state index in [1.54, 1.807) is 17.0 Å². The number of hydrogen-bond donors (Lipinski definition) is 1. The third-order valence-corrected chi connectivity index (χ3v) is 9.50. The van der Waals surface area contributed by atoms with Gasteiger partial charge in [-0.25, -0.2) is 18.3 Å². The minimum Gasteiger partial charge on any atom is -0.444 e. The van der Waals surface area contributed by atoms with E-state index in [0.29, 0.717) is 35.9 Å². The van der Waals surface area contributed by atoms with Crippen LogP contribution in [0.5, 0.6) is 0 Å². The number of ether oxygens (including phenoxy) is 1. The first-order chi connectivity index (χ1) is 25.0. The van der Waals surface area contributed by atoms with Gasteiger partial charge in [0, 0.05) is 24.0 Å². The zero-order valence-corrected chi connectivity index (χ0v) is 29.4. The van der Waals surface area contributed by atoms with Gasteiger partial charge in [0.2, 0.25) is 5.91 Å². The Labute approximate surface area is 301 Å². The number of anilines is 1. The second-order valence-electron chi connectivity index (χ2n) is 14.2. The Bertz CT molecular complexity index is 2120. The number of carbonyl (C=O) groups is 2. The smallest absolute Gasteiger partial charge is 0.410 e. The van der Waals surface area contributed by atoms with Crippen molar-refractivity contribution in [1.82, 2.24) is 14.7 Å². The van der Waals surface area contributed by atoms with Gasteiger partial charge in [-0.1, -0.05) is 97.1 Å². The molecule has 1 aliphatic heterocycles. The van der Waals surface area contributed by atoms with Crippen molar-refractivity contribution in [3.05, 3.63) is 156 Å². The fraction of sp³-hybridized carbons (Fsp3) is 0.233. The molecule has 7 nitrogen and oxygen atoms in total. The number of piperidine rings is 1. The molecule has 2 heterocycles. The number of aromatic nitrogens is 2. The lowest BCUT2D eigenvalue weighted by atomic mass is 9.77. The summed E-state index contributed by atoms with van der Waals surface area (Å²) >= 11 is 0. The lowest BCUT2D eigenvalue weighted by Gasteiger charge is -2.37. The topological polar surface area (TPSA) is 76.5 Å². The fourth-order valence-electron chi connectivity index (χ4n) is 7.16. The molecule has 264 valence electrons. The highest BCUT2D eigenvalue weighted by atomic mass is 19.1. The molecule has 9 heteroatoms. The van der Waals surface area contributed by atoms with Crippen LogP contribution in [0.3, 0.4) is 0 Å². The molecule has 1 fully saturated rings. The second kappa shape index (κ2) is 14.1. The number of amides is 2. The molecule has 6 aromatic rings. The van der Waals surface area contributed by atoms with Crippen LogP contribution in [-0.2, 0) is 15.1 Å². The van der Waals surface area contributed by atoms with Crippen LogP contribution in [0.2, 0.25) is 0 Å². The maximum atomic E-state index is 15.2. The van der Waals surface area contributed by atoms with E-state index < -0.39 is 34.8 Å². The summed E-state index contributed by atoms with van der Waals surface area (Å²) in [5, 5.41) is 8.85. The zero-order chi connectivity index (χ0) is 36.5. The van der Waals surface area contributed by atoms with Gasteiger partial charge < -0.3 is 15.0 Å². The molecular weight excluding hydrogens is 658 g/mol. The van der Waals surface area contributed by atoms with Crippen molar-refractivity contribution in [3.63, 3.8) is 0 Å². The van der Waals surface area contributed by atoms with Crippen LogP contribution < -0.4 is 5.32 Å². The predicted molar refractivity (Wildman–Crippen MR) is 199 cm³/mol. The summed E-state index contributed by atoms with van der Waals surface area (Å²) in [4.78, 5) is 28.7. The van der Waals surface area contributed by atoms with Gasteiger partial charge in [-0.05, 0) is 86.2 Å².